The standard InChI is InChI=1S/C18H20F2N2O/c1-2-12-7-15(19)3-4-17(12)23-18(13-5-6-21-9-13)14-8-16(20)11-22-10-14/h3-4,7-8,10-11,13,18,21H,2,5-6,9H2,1H3/t13-,18+/m1/s1. The first-order chi connectivity index (χ1) is 11.2. The summed E-state index contributed by atoms with van der Waals surface area (Å²) < 4.78 is 33.2. The van der Waals surface area contributed by atoms with E-state index in [9.17, 15) is 8.78 Å². The fourth-order valence-corrected chi connectivity index (χ4v) is 3.03. The highest BCUT2D eigenvalue weighted by atomic mass is 19.1. The van der Waals surface area contributed by atoms with Crippen molar-refractivity contribution in [3.8, 4) is 5.75 Å². The van der Waals surface area contributed by atoms with Gasteiger partial charge in [0.15, 0.2) is 0 Å². The van der Waals surface area contributed by atoms with Crippen LogP contribution in [0.2, 0.25) is 0 Å². The molecule has 1 N–H and O–H groups in total. The second kappa shape index (κ2) is 7.04. The Morgan fingerprint density at radius 1 is 1.26 bits per heavy atom. The summed E-state index contributed by atoms with van der Waals surface area (Å²) in [6, 6.07) is 5.99. The number of hydrogen-bond donors (Lipinski definition) is 1. The Morgan fingerprint density at radius 3 is 2.83 bits per heavy atom. The quantitative estimate of drug-likeness (QED) is 0.914. The van der Waals surface area contributed by atoms with Crippen LogP contribution in [0.1, 0.15) is 30.6 Å². The van der Waals surface area contributed by atoms with E-state index in [4.69, 9.17) is 4.74 Å². The topological polar surface area (TPSA) is 34.1 Å². The maximum atomic E-state index is 13.6. The predicted molar refractivity (Wildman–Crippen MR) is 84.3 cm³/mol. The zero-order chi connectivity index (χ0) is 16.2. The van der Waals surface area contributed by atoms with E-state index >= 15 is 0 Å². The predicted octanol–water partition coefficient (Wildman–Crippen LogP) is 3.65. The molecule has 2 aromatic rings. The van der Waals surface area contributed by atoms with Crippen LogP contribution in [-0.4, -0.2) is 18.1 Å². The van der Waals surface area contributed by atoms with E-state index in [1.807, 2.05) is 6.92 Å². The normalized spacial score (nSPS) is 18.8. The molecule has 1 aliphatic heterocycles. The van der Waals surface area contributed by atoms with Crippen molar-refractivity contribution in [2.75, 3.05) is 13.1 Å². The first-order valence-electron chi connectivity index (χ1n) is 7.93. The van der Waals surface area contributed by atoms with Gasteiger partial charge in [0.05, 0.1) is 6.20 Å². The van der Waals surface area contributed by atoms with Crippen LogP contribution in [0.5, 0.6) is 5.75 Å². The molecule has 0 amide bonds. The summed E-state index contributed by atoms with van der Waals surface area (Å²) in [5, 5.41) is 3.31. The maximum Gasteiger partial charge on any atom is 0.141 e. The van der Waals surface area contributed by atoms with Crippen molar-refractivity contribution in [3.63, 3.8) is 0 Å². The minimum Gasteiger partial charge on any atom is -0.485 e. The lowest BCUT2D eigenvalue weighted by Gasteiger charge is -2.26. The van der Waals surface area contributed by atoms with Crippen molar-refractivity contribution in [1.82, 2.24) is 10.3 Å². The van der Waals surface area contributed by atoms with E-state index in [-0.39, 0.29) is 23.7 Å². The Labute approximate surface area is 134 Å². The van der Waals surface area contributed by atoms with Crippen LogP contribution in [0.4, 0.5) is 8.78 Å². The summed E-state index contributed by atoms with van der Waals surface area (Å²) in [6.45, 7) is 3.68. The average molecular weight is 318 g/mol. The molecule has 1 aromatic heterocycles. The highest BCUT2D eigenvalue weighted by molar-refractivity contribution is 5.35. The Kier molecular flexibility index (Phi) is 4.86. The molecule has 3 nitrogen and oxygen atoms in total. The molecule has 0 bridgehead atoms. The molecule has 0 saturated carbocycles. The van der Waals surface area contributed by atoms with Crippen LogP contribution in [-0.2, 0) is 6.42 Å². The van der Waals surface area contributed by atoms with Crippen molar-refractivity contribution >= 4 is 0 Å². The van der Waals surface area contributed by atoms with Gasteiger partial charge in [-0.3, -0.25) is 4.98 Å². The van der Waals surface area contributed by atoms with Gasteiger partial charge in [-0.1, -0.05) is 6.92 Å². The van der Waals surface area contributed by atoms with Gasteiger partial charge in [-0.15, -0.1) is 0 Å². The number of ether oxygens (including phenoxy) is 1. The largest absolute Gasteiger partial charge is 0.485 e. The van der Waals surface area contributed by atoms with Gasteiger partial charge in [-0.25, -0.2) is 8.78 Å². The summed E-state index contributed by atoms with van der Waals surface area (Å²) in [5.74, 6) is 0.223. The molecule has 2 heterocycles. The van der Waals surface area contributed by atoms with Crippen molar-refractivity contribution in [3.05, 3.63) is 59.4 Å². The first-order valence-corrected chi connectivity index (χ1v) is 7.93. The van der Waals surface area contributed by atoms with E-state index in [2.05, 4.69) is 10.3 Å². The molecular weight excluding hydrogens is 298 g/mol. The van der Waals surface area contributed by atoms with Gasteiger partial charge in [-0.05, 0) is 49.2 Å². The van der Waals surface area contributed by atoms with Gasteiger partial charge >= 0.3 is 0 Å². The molecule has 1 fully saturated rings. The number of aromatic nitrogens is 1. The van der Waals surface area contributed by atoms with Crippen LogP contribution in [0.25, 0.3) is 0 Å². The number of rotatable bonds is 5. The van der Waals surface area contributed by atoms with Crippen molar-refractivity contribution in [2.24, 2.45) is 5.92 Å². The van der Waals surface area contributed by atoms with Crippen molar-refractivity contribution < 1.29 is 13.5 Å². The molecular formula is C18H20F2N2O. The fraction of sp³-hybridized carbons (Fsp3) is 0.389. The van der Waals surface area contributed by atoms with Crippen LogP contribution in [0.15, 0.2) is 36.7 Å². The van der Waals surface area contributed by atoms with Crippen LogP contribution < -0.4 is 10.1 Å². The number of nitrogens with zero attached hydrogens (tertiary/aromatic N) is 1. The first kappa shape index (κ1) is 15.9. The molecule has 1 aliphatic rings. The molecule has 2 atom stereocenters. The van der Waals surface area contributed by atoms with E-state index in [0.29, 0.717) is 17.7 Å². The number of hydrogen-bond acceptors (Lipinski definition) is 3. The molecule has 0 unspecified atom stereocenters. The number of aryl methyl sites for hydroxylation is 1. The van der Waals surface area contributed by atoms with Gasteiger partial charge < -0.3 is 10.1 Å². The number of nitrogens with one attached hydrogen (secondary N) is 1. The number of pyridine rings is 1. The Morgan fingerprint density at radius 2 is 2.13 bits per heavy atom. The lowest BCUT2D eigenvalue weighted by molar-refractivity contribution is 0.142. The van der Waals surface area contributed by atoms with E-state index in [0.717, 1.165) is 25.1 Å². The molecule has 1 aromatic carbocycles. The van der Waals surface area contributed by atoms with Crippen molar-refractivity contribution in [1.29, 1.82) is 0 Å². The minimum atomic E-state index is -0.378. The second-order valence-electron chi connectivity index (χ2n) is 5.83. The van der Waals surface area contributed by atoms with E-state index in [1.165, 1.54) is 24.4 Å². The fourth-order valence-electron chi connectivity index (χ4n) is 3.03. The molecule has 23 heavy (non-hydrogen) atoms. The number of benzene rings is 1. The second-order valence-corrected chi connectivity index (χ2v) is 5.83. The summed E-state index contributed by atoms with van der Waals surface area (Å²) >= 11 is 0. The third-order valence-electron chi connectivity index (χ3n) is 4.24. The molecule has 122 valence electrons. The Bertz CT molecular complexity index is 672. The Hall–Kier alpha value is -2.01. The summed E-state index contributed by atoms with van der Waals surface area (Å²) in [5.41, 5.74) is 1.52. The zero-order valence-electron chi connectivity index (χ0n) is 13.1. The van der Waals surface area contributed by atoms with Crippen LogP contribution in [0, 0.1) is 17.6 Å². The summed E-state index contributed by atoms with van der Waals surface area (Å²) in [7, 11) is 0. The smallest absolute Gasteiger partial charge is 0.141 e. The van der Waals surface area contributed by atoms with Crippen LogP contribution >= 0.6 is 0 Å². The highest BCUT2D eigenvalue weighted by Crippen LogP contribution is 2.33. The van der Waals surface area contributed by atoms with E-state index in [1.54, 1.807) is 12.3 Å². The van der Waals surface area contributed by atoms with Gasteiger partial charge in [0.25, 0.3) is 0 Å². The van der Waals surface area contributed by atoms with Crippen LogP contribution in [0.3, 0.4) is 0 Å². The van der Waals surface area contributed by atoms with Gasteiger partial charge in [-0.2, -0.15) is 0 Å². The monoisotopic (exact) mass is 318 g/mol. The highest BCUT2D eigenvalue weighted by Gasteiger charge is 2.29. The van der Waals surface area contributed by atoms with Crippen molar-refractivity contribution in [2.45, 2.75) is 25.9 Å². The van der Waals surface area contributed by atoms with Gasteiger partial charge in [0, 0.05) is 24.2 Å². The molecule has 3 rings (SSSR count). The third kappa shape index (κ3) is 3.67. The van der Waals surface area contributed by atoms with Gasteiger partial charge in [0.2, 0.25) is 0 Å². The van der Waals surface area contributed by atoms with Gasteiger partial charge in [0.1, 0.15) is 23.5 Å². The molecule has 0 radical (unpaired) electrons. The summed E-state index contributed by atoms with van der Waals surface area (Å²) in [6.07, 6.45) is 4.14. The lowest BCUT2D eigenvalue weighted by Crippen LogP contribution is -2.22. The maximum absolute atomic E-state index is 13.6. The summed E-state index contributed by atoms with van der Waals surface area (Å²) in [4.78, 5) is 3.94. The Balaban J connectivity index is 1.93. The SMILES string of the molecule is CCc1cc(F)ccc1O[C@H](c1cncc(F)c1)[C@@H]1CCNC1. The minimum absolute atomic E-state index is 0.230. The molecule has 1 saturated heterocycles. The third-order valence-corrected chi connectivity index (χ3v) is 4.24. The molecule has 0 aliphatic carbocycles. The lowest BCUT2D eigenvalue weighted by atomic mass is 9.95. The molecule has 0 spiro atoms. The molecule has 5 heteroatoms. The number of halogens is 2. The van der Waals surface area contributed by atoms with E-state index < -0.39 is 0 Å². The zero-order valence-corrected chi connectivity index (χ0v) is 13.1. The average Bonchev–Trinajstić information content (AvgIpc) is 3.07.